The first kappa shape index (κ1) is 11.0. The zero-order chi connectivity index (χ0) is 9.68. The van der Waals surface area contributed by atoms with Gasteiger partial charge < -0.3 is 5.32 Å². The molecule has 13 heavy (non-hydrogen) atoms. The molecule has 0 aromatic carbocycles. The minimum Gasteiger partial charge on any atom is -0.313 e. The summed E-state index contributed by atoms with van der Waals surface area (Å²) >= 11 is 5.80. The standard InChI is InChI=1S/C10H19ClN2/c1-3-10-8-13(7-9(2)11)6-4-5-12-10/h10,12H,2-8H2,1H3. The Labute approximate surface area is 85.9 Å². The maximum atomic E-state index is 5.80. The number of hydrogen-bond donors (Lipinski definition) is 1. The van der Waals surface area contributed by atoms with E-state index in [-0.39, 0.29) is 0 Å². The molecule has 1 atom stereocenters. The Hall–Kier alpha value is -0.0500. The van der Waals surface area contributed by atoms with Crippen molar-refractivity contribution in [3.8, 4) is 0 Å². The van der Waals surface area contributed by atoms with Crippen LogP contribution >= 0.6 is 11.6 Å². The van der Waals surface area contributed by atoms with Gasteiger partial charge in [0.05, 0.1) is 0 Å². The predicted molar refractivity (Wildman–Crippen MR) is 58.1 cm³/mol. The highest BCUT2D eigenvalue weighted by Crippen LogP contribution is 2.07. The summed E-state index contributed by atoms with van der Waals surface area (Å²) in [5, 5.41) is 4.27. The molecule has 0 bridgehead atoms. The fourth-order valence-corrected chi connectivity index (χ4v) is 1.91. The van der Waals surface area contributed by atoms with Crippen LogP contribution in [0, 0.1) is 0 Å². The van der Waals surface area contributed by atoms with Crippen molar-refractivity contribution in [2.45, 2.75) is 25.8 Å². The molecule has 0 spiro atoms. The minimum atomic E-state index is 0.624. The SMILES string of the molecule is C=C(Cl)CN1CCCNC(CC)C1. The monoisotopic (exact) mass is 202 g/mol. The Morgan fingerprint density at radius 1 is 1.69 bits per heavy atom. The molecule has 1 N–H and O–H groups in total. The first-order chi connectivity index (χ1) is 6.22. The summed E-state index contributed by atoms with van der Waals surface area (Å²) in [5.41, 5.74) is 0. The van der Waals surface area contributed by atoms with Gasteiger partial charge in [0.25, 0.3) is 0 Å². The third-order valence-electron chi connectivity index (χ3n) is 2.45. The van der Waals surface area contributed by atoms with Gasteiger partial charge in [-0.2, -0.15) is 0 Å². The number of nitrogens with zero attached hydrogens (tertiary/aromatic N) is 1. The van der Waals surface area contributed by atoms with Gasteiger partial charge in [0.2, 0.25) is 0 Å². The lowest BCUT2D eigenvalue weighted by atomic mass is 10.2. The van der Waals surface area contributed by atoms with Crippen molar-refractivity contribution in [1.82, 2.24) is 10.2 Å². The first-order valence-corrected chi connectivity index (χ1v) is 5.39. The Morgan fingerprint density at radius 3 is 3.08 bits per heavy atom. The minimum absolute atomic E-state index is 0.624. The van der Waals surface area contributed by atoms with Gasteiger partial charge in [-0.3, -0.25) is 4.90 Å². The maximum absolute atomic E-state index is 5.80. The summed E-state index contributed by atoms with van der Waals surface area (Å²) in [6.45, 7) is 10.1. The molecule has 1 fully saturated rings. The molecule has 1 rings (SSSR count). The van der Waals surface area contributed by atoms with Crippen molar-refractivity contribution in [1.29, 1.82) is 0 Å². The normalized spacial score (nSPS) is 25.5. The van der Waals surface area contributed by atoms with Crippen molar-refractivity contribution >= 4 is 11.6 Å². The highest BCUT2D eigenvalue weighted by atomic mass is 35.5. The average molecular weight is 203 g/mol. The molecule has 0 radical (unpaired) electrons. The molecule has 76 valence electrons. The van der Waals surface area contributed by atoms with Gasteiger partial charge in [-0.05, 0) is 25.9 Å². The molecule has 0 aliphatic carbocycles. The molecule has 1 aliphatic rings. The van der Waals surface area contributed by atoms with Gasteiger partial charge in [-0.1, -0.05) is 25.1 Å². The summed E-state index contributed by atoms with van der Waals surface area (Å²) in [6, 6.07) is 0.624. The second-order valence-electron chi connectivity index (χ2n) is 3.67. The molecule has 0 saturated carbocycles. The highest BCUT2D eigenvalue weighted by Gasteiger charge is 2.15. The Morgan fingerprint density at radius 2 is 2.46 bits per heavy atom. The van der Waals surface area contributed by atoms with Gasteiger partial charge in [-0.15, -0.1) is 0 Å². The molecular formula is C10H19ClN2. The fourth-order valence-electron chi connectivity index (χ4n) is 1.74. The topological polar surface area (TPSA) is 15.3 Å². The molecule has 1 unspecified atom stereocenters. The Bertz CT molecular complexity index is 170. The van der Waals surface area contributed by atoms with Gasteiger partial charge in [0, 0.05) is 24.2 Å². The maximum Gasteiger partial charge on any atom is 0.0336 e. The van der Waals surface area contributed by atoms with Crippen LogP contribution in [-0.2, 0) is 0 Å². The number of hydrogen-bond acceptors (Lipinski definition) is 2. The smallest absolute Gasteiger partial charge is 0.0336 e. The van der Waals surface area contributed by atoms with Crippen LogP contribution in [0.25, 0.3) is 0 Å². The second kappa shape index (κ2) is 5.63. The van der Waals surface area contributed by atoms with Crippen molar-refractivity contribution in [3.63, 3.8) is 0 Å². The lowest BCUT2D eigenvalue weighted by molar-refractivity contribution is 0.290. The van der Waals surface area contributed by atoms with E-state index in [4.69, 9.17) is 11.6 Å². The lowest BCUT2D eigenvalue weighted by Gasteiger charge is -2.22. The van der Waals surface area contributed by atoms with Gasteiger partial charge in [-0.25, -0.2) is 0 Å². The van der Waals surface area contributed by atoms with Gasteiger partial charge >= 0.3 is 0 Å². The van der Waals surface area contributed by atoms with Crippen LogP contribution < -0.4 is 5.32 Å². The first-order valence-electron chi connectivity index (χ1n) is 5.01. The van der Waals surface area contributed by atoms with Crippen LogP contribution in [0.3, 0.4) is 0 Å². The van der Waals surface area contributed by atoms with Crippen molar-refractivity contribution in [3.05, 3.63) is 11.6 Å². The Balaban J connectivity index is 2.39. The molecule has 0 aromatic rings. The van der Waals surface area contributed by atoms with Gasteiger partial charge in [0.1, 0.15) is 0 Å². The van der Waals surface area contributed by atoms with E-state index >= 15 is 0 Å². The highest BCUT2D eigenvalue weighted by molar-refractivity contribution is 6.29. The zero-order valence-corrected chi connectivity index (χ0v) is 9.11. The number of rotatable bonds is 3. The van der Waals surface area contributed by atoms with Crippen molar-refractivity contribution < 1.29 is 0 Å². The molecular weight excluding hydrogens is 184 g/mol. The lowest BCUT2D eigenvalue weighted by Crippen LogP contribution is -2.37. The molecule has 0 amide bonds. The summed E-state index contributed by atoms with van der Waals surface area (Å²) in [7, 11) is 0. The van der Waals surface area contributed by atoms with E-state index in [0.29, 0.717) is 6.04 Å². The summed E-state index contributed by atoms with van der Waals surface area (Å²) in [6.07, 6.45) is 2.39. The van der Waals surface area contributed by atoms with E-state index < -0.39 is 0 Å². The van der Waals surface area contributed by atoms with Crippen LogP contribution in [0.5, 0.6) is 0 Å². The van der Waals surface area contributed by atoms with Crippen molar-refractivity contribution in [2.75, 3.05) is 26.2 Å². The summed E-state index contributed by atoms with van der Waals surface area (Å²) in [4.78, 5) is 2.38. The van der Waals surface area contributed by atoms with E-state index in [2.05, 4.69) is 23.7 Å². The van der Waals surface area contributed by atoms with E-state index in [1.807, 2.05) is 0 Å². The molecule has 2 nitrogen and oxygen atoms in total. The summed E-state index contributed by atoms with van der Waals surface area (Å²) in [5.74, 6) is 0. The predicted octanol–water partition coefficient (Wildman–Crippen LogP) is 1.81. The fraction of sp³-hybridized carbons (Fsp3) is 0.800. The van der Waals surface area contributed by atoms with Gasteiger partial charge in [0.15, 0.2) is 0 Å². The van der Waals surface area contributed by atoms with E-state index in [1.165, 1.54) is 12.8 Å². The van der Waals surface area contributed by atoms with E-state index in [1.54, 1.807) is 0 Å². The second-order valence-corrected chi connectivity index (χ2v) is 4.20. The molecule has 3 heteroatoms. The number of halogens is 1. The third-order valence-corrected chi connectivity index (χ3v) is 2.57. The van der Waals surface area contributed by atoms with E-state index in [9.17, 15) is 0 Å². The van der Waals surface area contributed by atoms with Crippen LogP contribution in [0.15, 0.2) is 11.6 Å². The van der Waals surface area contributed by atoms with E-state index in [0.717, 1.165) is 31.2 Å². The average Bonchev–Trinajstić information content (AvgIpc) is 2.28. The Kier molecular flexibility index (Phi) is 4.78. The van der Waals surface area contributed by atoms with Crippen LogP contribution in [0.2, 0.25) is 0 Å². The molecule has 1 saturated heterocycles. The largest absolute Gasteiger partial charge is 0.313 e. The summed E-state index contributed by atoms with van der Waals surface area (Å²) < 4.78 is 0. The van der Waals surface area contributed by atoms with Crippen LogP contribution in [0.4, 0.5) is 0 Å². The van der Waals surface area contributed by atoms with Crippen molar-refractivity contribution in [2.24, 2.45) is 0 Å². The molecule has 1 aliphatic heterocycles. The quantitative estimate of drug-likeness (QED) is 0.751. The van der Waals surface area contributed by atoms with Crippen LogP contribution in [-0.4, -0.2) is 37.1 Å². The molecule has 0 aromatic heterocycles. The zero-order valence-electron chi connectivity index (χ0n) is 8.35. The molecule has 1 heterocycles. The number of nitrogens with one attached hydrogen (secondary N) is 1. The van der Waals surface area contributed by atoms with Crippen LogP contribution in [0.1, 0.15) is 19.8 Å². The third kappa shape index (κ3) is 4.12.